The highest BCUT2D eigenvalue weighted by molar-refractivity contribution is 7.09. The van der Waals surface area contributed by atoms with E-state index in [0.29, 0.717) is 12.5 Å². The molecule has 5 heteroatoms. The van der Waals surface area contributed by atoms with Gasteiger partial charge in [0.25, 0.3) is 0 Å². The third-order valence-electron chi connectivity index (χ3n) is 3.41. The van der Waals surface area contributed by atoms with E-state index in [1.807, 2.05) is 18.2 Å². The zero-order valence-corrected chi connectivity index (χ0v) is 15.0. The second-order valence-corrected chi connectivity index (χ2v) is 7.43. The second-order valence-electron chi connectivity index (χ2n) is 6.57. The molecule has 0 atom stereocenters. The van der Waals surface area contributed by atoms with Crippen LogP contribution >= 0.6 is 11.3 Å². The van der Waals surface area contributed by atoms with Crippen LogP contribution in [-0.4, -0.2) is 24.0 Å². The summed E-state index contributed by atoms with van der Waals surface area (Å²) in [5, 5.41) is 6.45. The Balaban J connectivity index is 1.71. The van der Waals surface area contributed by atoms with E-state index in [4.69, 9.17) is 5.73 Å². The number of aliphatic imine (C=N–C) groups is 1. The van der Waals surface area contributed by atoms with E-state index in [9.17, 15) is 0 Å². The van der Waals surface area contributed by atoms with Crippen molar-refractivity contribution in [2.24, 2.45) is 10.7 Å². The van der Waals surface area contributed by atoms with E-state index >= 15 is 0 Å². The van der Waals surface area contributed by atoms with Crippen molar-refractivity contribution < 1.29 is 0 Å². The number of aromatic nitrogens is 1. The van der Waals surface area contributed by atoms with E-state index < -0.39 is 0 Å². The summed E-state index contributed by atoms with van der Waals surface area (Å²) in [5.74, 6) is 0.507. The maximum absolute atomic E-state index is 5.90. The quantitative estimate of drug-likeness (QED) is 0.632. The molecule has 0 aliphatic heterocycles. The molecule has 0 amide bonds. The highest BCUT2D eigenvalue weighted by atomic mass is 32.1. The predicted molar refractivity (Wildman–Crippen MR) is 99.2 cm³/mol. The maximum atomic E-state index is 5.90. The van der Waals surface area contributed by atoms with Crippen molar-refractivity contribution >= 4 is 17.3 Å². The Bertz CT molecular complexity index is 626. The van der Waals surface area contributed by atoms with Crippen molar-refractivity contribution in [2.75, 3.05) is 13.1 Å². The summed E-state index contributed by atoms with van der Waals surface area (Å²) in [5.41, 5.74) is 8.41. The molecule has 0 saturated heterocycles. The molecule has 124 valence electrons. The molecule has 1 aromatic heterocycles. The van der Waals surface area contributed by atoms with Crippen LogP contribution in [0.3, 0.4) is 0 Å². The molecule has 3 N–H and O–H groups in total. The highest BCUT2D eigenvalue weighted by Gasteiger charge is 2.17. The summed E-state index contributed by atoms with van der Waals surface area (Å²) in [6, 6.07) is 10.4. The third-order valence-corrected chi connectivity index (χ3v) is 4.72. The molecular formula is C18H26N4S. The molecular weight excluding hydrogens is 304 g/mol. The van der Waals surface area contributed by atoms with Crippen LogP contribution in [-0.2, 0) is 18.3 Å². The van der Waals surface area contributed by atoms with Gasteiger partial charge in [-0.05, 0) is 12.0 Å². The molecule has 0 bridgehead atoms. The van der Waals surface area contributed by atoms with Gasteiger partial charge in [0.1, 0.15) is 0 Å². The van der Waals surface area contributed by atoms with Crippen molar-refractivity contribution in [3.8, 4) is 0 Å². The molecule has 0 spiro atoms. The molecule has 2 rings (SSSR count). The predicted octanol–water partition coefficient (Wildman–Crippen LogP) is 3.13. The van der Waals surface area contributed by atoms with Gasteiger partial charge in [0, 0.05) is 30.3 Å². The molecule has 4 nitrogen and oxygen atoms in total. The van der Waals surface area contributed by atoms with Gasteiger partial charge in [-0.2, -0.15) is 0 Å². The summed E-state index contributed by atoms with van der Waals surface area (Å²) in [6.07, 6.45) is 1.77. The summed E-state index contributed by atoms with van der Waals surface area (Å²) in [7, 11) is 0. The van der Waals surface area contributed by atoms with Gasteiger partial charge in [0.15, 0.2) is 5.96 Å². The van der Waals surface area contributed by atoms with Gasteiger partial charge in [-0.25, -0.2) is 4.98 Å². The van der Waals surface area contributed by atoms with Gasteiger partial charge in [-0.15, -0.1) is 11.3 Å². The largest absolute Gasteiger partial charge is 0.370 e. The average molecular weight is 331 g/mol. The first-order chi connectivity index (χ1) is 10.9. The normalized spacial score (nSPS) is 12.4. The molecule has 0 aliphatic rings. The topological polar surface area (TPSA) is 63.3 Å². The van der Waals surface area contributed by atoms with Gasteiger partial charge < -0.3 is 11.1 Å². The van der Waals surface area contributed by atoms with Crippen molar-refractivity contribution in [2.45, 2.75) is 39.0 Å². The van der Waals surface area contributed by atoms with Crippen LogP contribution < -0.4 is 11.1 Å². The number of benzene rings is 1. The lowest BCUT2D eigenvalue weighted by Gasteiger charge is -2.13. The first kappa shape index (κ1) is 17.5. The minimum Gasteiger partial charge on any atom is -0.370 e. The molecule has 1 heterocycles. The zero-order valence-electron chi connectivity index (χ0n) is 14.2. The number of nitrogens with two attached hydrogens (primary N) is 1. The molecule has 0 saturated carbocycles. The Morgan fingerprint density at radius 2 is 1.96 bits per heavy atom. The lowest BCUT2D eigenvalue weighted by atomic mass is 9.98. The maximum Gasteiger partial charge on any atom is 0.188 e. The summed E-state index contributed by atoms with van der Waals surface area (Å²) < 4.78 is 0. The molecule has 0 radical (unpaired) electrons. The molecule has 2 aromatic rings. The fraction of sp³-hybridized carbons (Fsp3) is 0.444. The van der Waals surface area contributed by atoms with Crippen LogP contribution in [0.4, 0.5) is 0 Å². The fourth-order valence-corrected chi connectivity index (χ4v) is 3.03. The Morgan fingerprint density at radius 1 is 1.22 bits per heavy atom. The summed E-state index contributed by atoms with van der Waals surface area (Å²) in [4.78, 5) is 9.04. The zero-order chi connectivity index (χ0) is 16.7. The van der Waals surface area contributed by atoms with E-state index in [1.165, 1.54) is 10.6 Å². The van der Waals surface area contributed by atoms with Gasteiger partial charge in [0.05, 0.1) is 10.7 Å². The lowest BCUT2D eigenvalue weighted by Crippen LogP contribution is -2.33. The monoisotopic (exact) mass is 330 g/mol. The van der Waals surface area contributed by atoms with Crippen LogP contribution in [0.5, 0.6) is 0 Å². The standard InChI is InChI=1S/C18H26N4S/c1-18(2,3)16-22-15(13-23-16)10-12-21-17(19)20-11-9-14-7-5-4-6-8-14/h4-8,13H,9-12H2,1-3H3,(H3,19,20,21). The Kier molecular flexibility index (Phi) is 6.16. The van der Waals surface area contributed by atoms with Crippen LogP contribution in [0, 0.1) is 0 Å². The smallest absolute Gasteiger partial charge is 0.188 e. The van der Waals surface area contributed by atoms with Crippen LogP contribution in [0.25, 0.3) is 0 Å². The first-order valence-electron chi connectivity index (χ1n) is 7.98. The Hall–Kier alpha value is -1.88. The van der Waals surface area contributed by atoms with Crippen molar-refractivity contribution in [1.29, 1.82) is 0 Å². The fourth-order valence-electron chi connectivity index (χ4n) is 2.09. The van der Waals surface area contributed by atoms with E-state index in [1.54, 1.807) is 11.3 Å². The van der Waals surface area contributed by atoms with E-state index in [0.717, 1.165) is 25.1 Å². The van der Waals surface area contributed by atoms with Crippen molar-refractivity contribution in [1.82, 2.24) is 10.3 Å². The number of rotatable bonds is 6. The van der Waals surface area contributed by atoms with Crippen LogP contribution in [0.1, 0.15) is 37.0 Å². The third kappa shape index (κ3) is 6.02. The molecule has 0 unspecified atom stereocenters. The Morgan fingerprint density at radius 3 is 2.61 bits per heavy atom. The first-order valence-corrected chi connectivity index (χ1v) is 8.86. The van der Waals surface area contributed by atoms with E-state index in [2.05, 4.69) is 53.6 Å². The Labute approximate surface area is 142 Å². The van der Waals surface area contributed by atoms with Crippen LogP contribution in [0.2, 0.25) is 0 Å². The van der Waals surface area contributed by atoms with Gasteiger partial charge in [-0.1, -0.05) is 51.1 Å². The molecule has 23 heavy (non-hydrogen) atoms. The number of nitrogens with one attached hydrogen (secondary N) is 1. The molecule has 0 fully saturated rings. The second kappa shape index (κ2) is 8.11. The lowest BCUT2D eigenvalue weighted by molar-refractivity contribution is 0.583. The van der Waals surface area contributed by atoms with Crippen molar-refractivity contribution in [3.63, 3.8) is 0 Å². The SMILES string of the molecule is CC(C)(C)c1nc(CCN=C(N)NCCc2ccccc2)cs1. The van der Waals surface area contributed by atoms with Gasteiger partial charge in [0.2, 0.25) is 0 Å². The van der Waals surface area contributed by atoms with E-state index in [-0.39, 0.29) is 5.41 Å². The number of guanidine groups is 1. The summed E-state index contributed by atoms with van der Waals surface area (Å²) in [6.45, 7) is 8.01. The number of nitrogens with zero attached hydrogens (tertiary/aromatic N) is 2. The van der Waals surface area contributed by atoms with Gasteiger partial charge in [-0.3, -0.25) is 4.99 Å². The minimum absolute atomic E-state index is 0.115. The van der Waals surface area contributed by atoms with Crippen LogP contribution in [0.15, 0.2) is 40.7 Å². The minimum atomic E-state index is 0.115. The highest BCUT2D eigenvalue weighted by Crippen LogP contribution is 2.25. The average Bonchev–Trinajstić information content (AvgIpc) is 2.97. The number of thiazole rings is 1. The molecule has 1 aromatic carbocycles. The summed E-state index contributed by atoms with van der Waals surface area (Å²) >= 11 is 1.72. The van der Waals surface area contributed by atoms with Gasteiger partial charge >= 0.3 is 0 Å². The number of hydrogen-bond donors (Lipinski definition) is 2. The molecule has 0 aliphatic carbocycles. The van der Waals surface area contributed by atoms with Crippen molar-refractivity contribution in [3.05, 3.63) is 52.0 Å². The number of hydrogen-bond acceptors (Lipinski definition) is 3.